The molecule has 1 N–H and O–H groups in total. The Bertz CT molecular complexity index is 398. The molecule has 7 heteroatoms. The summed E-state index contributed by atoms with van der Waals surface area (Å²) in [5.74, 6) is 1.16. The summed E-state index contributed by atoms with van der Waals surface area (Å²) < 4.78 is 5.49. The highest BCUT2D eigenvalue weighted by Gasteiger charge is 2.10. The Labute approximate surface area is 121 Å². The number of nitrogens with one attached hydrogen (secondary N) is 1. The number of ether oxygens (including phenoxy) is 1. The van der Waals surface area contributed by atoms with Crippen LogP contribution in [-0.4, -0.2) is 67.7 Å². The Hall–Kier alpha value is -1.63. The quantitative estimate of drug-likeness (QED) is 0.727. The molecule has 0 atom stereocenters. The fourth-order valence-corrected chi connectivity index (χ4v) is 1.61. The van der Waals surface area contributed by atoms with Crippen molar-refractivity contribution in [3.05, 3.63) is 0 Å². The van der Waals surface area contributed by atoms with Crippen LogP contribution < -0.4 is 15.0 Å². The average Bonchev–Trinajstić information content (AvgIpc) is 2.44. The second kappa shape index (κ2) is 8.52. The molecule has 7 nitrogen and oxygen atoms in total. The number of nitrogens with zero attached hydrogens (tertiary/aromatic N) is 5. The van der Waals surface area contributed by atoms with E-state index in [-0.39, 0.29) is 0 Å². The Kier molecular flexibility index (Phi) is 7.00. The summed E-state index contributed by atoms with van der Waals surface area (Å²) in [5.41, 5.74) is 0. The van der Waals surface area contributed by atoms with Crippen molar-refractivity contribution in [3.8, 4) is 6.01 Å². The van der Waals surface area contributed by atoms with Crippen molar-refractivity contribution < 1.29 is 4.74 Å². The average molecular weight is 282 g/mol. The van der Waals surface area contributed by atoms with Gasteiger partial charge in [0.15, 0.2) is 0 Å². The number of hydrogen-bond donors (Lipinski definition) is 1. The Morgan fingerprint density at radius 3 is 2.45 bits per heavy atom. The third kappa shape index (κ3) is 5.56. The standard InChI is InChI=1S/C13H26N6O/c1-6-10-20-13-16-11(14-2)15-12(17-13)19(5)9-7-8-18(3)4/h6-10H2,1-5H3,(H,14,15,16,17). The van der Waals surface area contributed by atoms with Crippen LogP contribution in [0.4, 0.5) is 11.9 Å². The molecule has 0 aliphatic heterocycles. The molecule has 0 spiro atoms. The molecule has 1 rings (SSSR count). The van der Waals surface area contributed by atoms with Gasteiger partial charge in [0.25, 0.3) is 0 Å². The molecule has 0 aliphatic carbocycles. The number of aromatic nitrogens is 3. The maximum atomic E-state index is 5.49. The van der Waals surface area contributed by atoms with Crippen molar-refractivity contribution in [2.24, 2.45) is 0 Å². The van der Waals surface area contributed by atoms with Crippen LogP contribution in [0.2, 0.25) is 0 Å². The van der Waals surface area contributed by atoms with Gasteiger partial charge < -0.3 is 19.9 Å². The molecule has 0 amide bonds. The van der Waals surface area contributed by atoms with Gasteiger partial charge in [0.05, 0.1) is 6.61 Å². The fraction of sp³-hybridized carbons (Fsp3) is 0.769. The van der Waals surface area contributed by atoms with Crippen molar-refractivity contribution in [1.82, 2.24) is 19.9 Å². The molecule has 1 aromatic heterocycles. The lowest BCUT2D eigenvalue weighted by molar-refractivity contribution is 0.292. The minimum absolute atomic E-state index is 0.376. The van der Waals surface area contributed by atoms with Gasteiger partial charge in [-0.3, -0.25) is 0 Å². The van der Waals surface area contributed by atoms with E-state index in [4.69, 9.17) is 4.74 Å². The smallest absolute Gasteiger partial charge is 0.323 e. The number of hydrogen-bond acceptors (Lipinski definition) is 7. The van der Waals surface area contributed by atoms with Crippen LogP contribution in [0.15, 0.2) is 0 Å². The predicted octanol–water partition coefficient (Wildman–Crippen LogP) is 1.09. The Balaban J connectivity index is 2.70. The molecule has 0 saturated heterocycles. The minimum Gasteiger partial charge on any atom is -0.463 e. The molecule has 0 aliphatic rings. The summed E-state index contributed by atoms with van der Waals surface area (Å²) in [4.78, 5) is 17.1. The van der Waals surface area contributed by atoms with Gasteiger partial charge in [-0.05, 0) is 33.5 Å². The van der Waals surface area contributed by atoms with Gasteiger partial charge in [0.2, 0.25) is 11.9 Å². The second-order valence-corrected chi connectivity index (χ2v) is 4.92. The lowest BCUT2D eigenvalue weighted by atomic mass is 10.4. The predicted molar refractivity (Wildman–Crippen MR) is 81.6 cm³/mol. The summed E-state index contributed by atoms with van der Waals surface area (Å²) in [7, 11) is 7.90. The third-order valence-electron chi connectivity index (χ3n) is 2.70. The van der Waals surface area contributed by atoms with Crippen molar-refractivity contribution >= 4 is 11.9 Å². The van der Waals surface area contributed by atoms with E-state index in [9.17, 15) is 0 Å². The first-order valence-electron chi connectivity index (χ1n) is 6.99. The molecule has 0 saturated carbocycles. The topological polar surface area (TPSA) is 66.4 Å². The molecule has 0 aromatic carbocycles. The highest BCUT2D eigenvalue weighted by atomic mass is 16.5. The van der Waals surface area contributed by atoms with Crippen molar-refractivity contribution in [2.45, 2.75) is 19.8 Å². The summed E-state index contributed by atoms with van der Waals surface area (Å²) in [6.45, 7) is 4.58. The summed E-state index contributed by atoms with van der Waals surface area (Å²) >= 11 is 0. The molecule has 0 bridgehead atoms. The van der Waals surface area contributed by atoms with Gasteiger partial charge in [0, 0.05) is 20.6 Å². The van der Waals surface area contributed by atoms with Gasteiger partial charge in [-0.2, -0.15) is 15.0 Å². The van der Waals surface area contributed by atoms with E-state index in [1.54, 1.807) is 7.05 Å². The lowest BCUT2D eigenvalue weighted by Gasteiger charge is -2.19. The van der Waals surface area contributed by atoms with Crippen LogP contribution in [-0.2, 0) is 0 Å². The van der Waals surface area contributed by atoms with Gasteiger partial charge in [-0.15, -0.1) is 0 Å². The molecule has 114 valence electrons. The molecule has 1 heterocycles. The van der Waals surface area contributed by atoms with E-state index in [0.29, 0.717) is 24.5 Å². The monoisotopic (exact) mass is 282 g/mol. The molecule has 20 heavy (non-hydrogen) atoms. The van der Waals surface area contributed by atoms with Crippen LogP contribution >= 0.6 is 0 Å². The zero-order chi connectivity index (χ0) is 15.0. The van der Waals surface area contributed by atoms with E-state index in [1.165, 1.54) is 0 Å². The molecule has 0 unspecified atom stereocenters. The van der Waals surface area contributed by atoms with Gasteiger partial charge in [-0.25, -0.2) is 0 Å². The molecule has 0 radical (unpaired) electrons. The highest BCUT2D eigenvalue weighted by molar-refractivity contribution is 5.37. The zero-order valence-electron chi connectivity index (χ0n) is 13.2. The second-order valence-electron chi connectivity index (χ2n) is 4.92. The van der Waals surface area contributed by atoms with Gasteiger partial charge in [-0.1, -0.05) is 6.92 Å². The zero-order valence-corrected chi connectivity index (χ0v) is 13.2. The van der Waals surface area contributed by atoms with Gasteiger partial charge >= 0.3 is 6.01 Å². The van der Waals surface area contributed by atoms with Crippen LogP contribution in [0.25, 0.3) is 0 Å². The largest absolute Gasteiger partial charge is 0.463 e. The van der Waals surface area contributed by atoms with E-state index >= 15 is 0 Å². The van der Waals surface area contributed by atoms with E-state index in [0.717, 1.165) is 25.9 Å². The van der Waals surface area contributed by atoms with Crippen molar-refractivity contribution in [3.63, 3.8) is 0 Å². The summed E-state index contributed by atoms with van der Waals surface area (Å²) in [5, 5.41) is 2.94. The normalized spacial score (nSPS) is 10.7. The number of anilines is 2. The fourth-order valence-electron chi connectivity index (χ4n) is 1.61. The minimum atomic E-state index is 0.376. The molecule has 1 aromatic rings. The molecular formula is C13H26N6O. The molecular weight excluding hydrogens is 256 g/mol. The third-order valence-corrected chi connectivity index (χ3v) is 2.70. The first-order chi connectivity index (χ1) is 9.56. The Morgan fingerprint density at radius 2 is 1.85 bits per heavy atom. The Morgan fingerprint density at radius 1 is 1.10 bits per heavy atom. The van der Waals surface area contributed by atoms with E-state index in [1.807, 2.05) is 11.9 Å². The first-order valence-corrected chi connectivity index (χ1v) is 6.99. The first kappa shape index (κ1) is 16.4. The van der Waals surface area contributed by atoms with Crippen LogP contribution in [0.5, 0.6) is 6.01 Å². The van der Waals surface area contributed by atoms with Gasteiger partial charge in [0.1, 0.15) is 0 Å². The highest BCUT2D eigenvalue weighted by Crippen LogP contribution is 2.14. The van der Waals surface area contributed by atoms with Crippen molar-refractivity contribution in [1.29, 1.82) is 0 Å². The summed E-state index contributed by atoms with van der Waals surface area (Å²) in [6.07, 6.45) is 1.98. The summed E-state index contributed by atoms with van der Waals surface area (Å²) in [6, 6.07) is 0.376. The van der Waals surface area contributed by atoms with Crippen LogP contribution in [0, 0.1) is 0 Å². The number of rotatable bonds is 9. The van der Waals surface area contributed by atoms with Crippen LogP contribution in [0.1, 0.15) is 19.8 Å². The lowest BCUT2D eigenvalue weighted by Crippen LogP contribution is -2.25. The van der Waals surface area contributed by atoms with E-state index in [2.05, 4.69) is 46.2 Å². The van der Waals surface area contributed by atoms with E-state index < -0.39 is 0 Å². The SMILES string of the molecule is CCCOc1nc(NC)nc(N(C)CCCN(C)C)n1. The van der Waals surface area contributed by atoms with Crippen LogP contribution in [0.3, 0.4) is 0 Å². The maximum Gasteiger partial charge on any atom is 0.323 e. The van der Waals surface area contributed by atoms with Crippen molar-refractivity contribution in [2.75, 3.05) is 58.1 Å². The maximum absolute atomic E-state index is 5.49. The molecule has 0 fully saturated rings.